The van der Waals surface area contributed by atoms with Crippen LogP contribution in [0.1, 0.15) is 23.2 Å². The van der Waals surface area contributed by atoms with Gasteiger partial charge in [-0.25, -0.2) is 12.8 Å². The van der Waals surface area contributed by atoms with E-state index in [0.29, 0.717) is 26.1 Å². The monoisotopic (exact) mass is 477 g/mol. The predicted molar refractivity (Wildman–Crippen MR) is 122 cm³/mol. The average Bonchev–Trinajstić information content (AvgIpc) is 2.85. The molecule has 4 rings (SSSR count). The Morgan fingerprint density at radius 3 is 2.36 bits per heavy atom. The Hall–Kier alpha value is -2.69. The number of anilines is 1. The fraction of sp³-hybridized carbons (Fsp3) is 0.435. The second kappa shape index (κ2) is 10.1. The lowest BCUT2D eigenvalue weighted by Crippen LogP contribution is -2.45. The van der Waals surface area contributed by atoms with Gasteiger partial charge in [-0.05, 0) is 55.3 Å². The van der Waals surface area contributed by atoms with E-state index >= 15 is 0 Å². The first kappa shape index (κ1) is 23.5. The number of hydrogen-bond acceptors (Lipinski definition) is 6. The van der Waals surface area contributed by atoms with E-state index in [2.05, 4.69) is 10.2 Å². The number of nitrogens with one attached hydrogen (secondary N) is 1. The van der Waals surface area contributed by atoms with Crippen LogP contribution >= 0.6 is 0 Å². The normalized spacial score (nSPS) is 18.2. The molecule has 1 N–H and O–H groups in total. The lowest BCUT2D eigenvalue weighted by Gasteiger charge is -2.34. The molecule has 2 aliphatic heterocycles. The van der Waals surface area contributed by atoms with Crippen LogP contribution in [-0.2, 0) is 14.8 Å². The topological polar surface area (TPSA) is 88.2 Å². The van der Waals surface area contributed by atoms with E-state index in [1.165, 1.54) is 10.4 Å². The second-order valence-corrected chi connectivity index (χ2v) is 10.0. The summed E-state index contributed by atoms with van der Waals surface area (Å²) in [7, 11) is -2.20. The van der Waals surface area contributed by atoms with Crippen molar-refractivity contribution >= 4 is 21.6 Å². The summed E-state index contributed by atoms with van der Waals surface area (Å²) < 4.78 is 51.9. The Kier molecular flexibility index (Phi) is 7.16. The van der Waals surface area contributed by atoms with Gasteiger partial charge in [0.05, 0.1) is 30.8 Å². The summed E-state index contributed by atoms with van der Waals surface area (Å²) in [5.74, 6) is -0.556. The number of amides is 1. The van der Waals surface area contributed by atoms with Gasteiger partial charge < -0.3 is 19.7 Å². The number of piperidine rings is 1. The van der Waals surface area contributed by atoms with Gasteiger partial charge in [-0.2, -0.15) is 4.31 Å². The smallest absolute Gasteiger partial charge is 0.254 e. The first-order valence-electron chi connectivity index (χ1n) is 11.0. The zero-order valence-electron chi connectivity index (χ0n) is 18.5. The number of nitrogens with zero attached hydrogens (tertiary/aromatic N) is 2. The highest BCUT2D eigenvalue weighted by atomic mass is 32.2. The second-order valence-electron chi connectivity index (χ2n) is 8.09. The molecule has 1 amide bonds. The van der Waals surface area contributed by atoms with E-state index in [1.807, 2.05) is 24.3 Å². The minimum Gasteiger partial charge on any atom is -0.497 e. The third kappa shape index (κ3) is 5.29. The molecule has 2 aromatic rings. The van der Waals surface area contributed by atoms with Crippen LogP contribution in [0.3, 0.4) is 0 Å². The minimum absolute atomic E-state index is 0.0923. The molecule has 0 aliphatic carbocycles. The van der Waals surface area contributed by atoms with Crippen molar-refractivity contribution in [3.8, 4) is 5.75 Å². The van der Waals surface area contributed by atoms with Crippen LogP contribution < -0.4 is 15.0 Å². The first-order valence-corrected chi connectivity index (χ1v) is 12.4. The minimum atomic E-state index is -3.82. The number of ether oxygens (including phenoxy) is 2. The van der Waals surface area contributed by atoms with Crippen molar-refractivity contribution < 1.29 is 27.1 Å². The quantitative estimate of drug-likeness (QED) is 0.687. The van der Waals surface area contributed by atoms with Gasteiger partial charge in [0.1, 0.15) is 11.6 Å². The van der Waals surface area contributed by atoms with Crippen molar-refractivity contribution in [1.29, 1.82) is 0 Å². The largest absolute Gasteiger partial charge is 0.497 e. The molecule has 2 fully saturated rings. The number of halogens is 1. The number of carbonyl (C=O) groups excluding carboxylic acids is 1. The Morgan fingerprint density at radius 1 is 1.06 bits per heavy atom. The highest BCUT2D eigenvalue weighted by molar-refractivity contribution is 7.89. The van der Waals surface area contributed by atoms with Crippen molar-refractivity contribution in [2.24, 2.45) is 0 Å². The van der Waals surface area contributed by atoms with Gasteiger partial charge in [-0.15, -0.1) is 0 Å². The van der Waals surface area contributed by atoms with Gasteiger partial charge in [0.25, 0.3) is 5.91 Å². The maximum atomic E-state index is 14.4. The van der Waals surface area contributed by atoms with Crippen LogP contribution in [-0.4, -0.2) is 71.2 Å². The summed E-state index contributed by atoms with van der Waals surface area (Å²) in [4.78, 5) is 14.9. The molecule has 0 spiro atoms. The molecule has 10 heteroatoms. The molecule has 33 heavy (non-hydrogen) atoms. The third-order valence-corrected chi connectivity index (χ3v) is 7.95. The Balaban J connectivity index is 1.40. The van der Waals surface area contributed by atoms with Crippen LogP contribution in [0.15, 0.2) is 47.4 Å². The van der Waals surface area contributed by atoms with Crippen molar-refractivity contribution in [3.05, 3.63) is 53.8 Å². The van der Waals surface area contributed by atoms with E-state index in [4.69, 9.17) is 9.47 Å². The van der Waals surface area contributed by atoms with Gasteiger partial charge in [0.15, 0.2) is 0 Å². The van der Waals surface area contributed by atoms with E-state index < -0.39 is 21.7 Å². The molecule has 2 saturated heterocycles. The molecule has 2 aliphatic rings. The summed E-state index contributed by atoms with van der Waals surface area (Å²) in [6.45, 7) is 2.56. The standard InChI is InChI=1S/C23H28FN3O5S/c1-31-19-4-2-18(3-5-19)26-10-8-17(9-11-26)25-23(28)21-16-20(6-7-22(21)24)33(29,30)27-12-14-32-15-13-27/h2-7,16-17H,8-15H2,1H3,(H,25,28). The summed E-state index contributed by atoms with van der Waals surface area (Å²) in [6, 6.07) is 11.0. The van der Waals surface area contributed by atoms with Crippen molar-refractivity contribution in [3.63, 3.8) is 0 Å². The molecule has 0 bridgehead atoms. The molecule has 0 unspecified atom stereocenters. The van der Waals surface area contributed by atoms with Crippen LogP contribution in [0.25, 0.3) is 0 Å². The van der Waals surface area contributed by atoms with Crippen molar-refractivity contribution in [2.75, 3.05) is 51.4 Å². The Morgan fingerprint density at radius 2 is 1.73 bits per heavy atom. The van der Waals surface area contributed by atoms with Crippen molar-refractivity contribution in [1.82, 2.24) is 9.62 Å². The number of rotatable bonds is 6. The molecule has 2 heterocycles. The predicted octanol–water partition coefficient (Wildman–Crippen LogP) is 2.25. The zero-order valence-corrected chi connectivity index (χ0v) is 19.3. The number of morpholine rings is 1. The van der Waals surface area contributed by atoms with E-state index in [1.54, 1.807) is 7.11 Å². The summed E-state index contributed by atoms with van der Waals surface area (Å²) >= 11 is 0. The maximum absolute atomic E-state index is 14.4. The van der Waals surface area contributed by atoms with Crippen LogP contribution in [0.4, 0.5) is 10.1 Å². The number of sulfonamides is 1. The lowest BCUT2D eigenvalue weighted by atomic mass is 10.0. The summed E-state index contributed by atoms with van der Waals surface area (Å²) in [6.07, 6.45) is 1.40. The Labute approximate surface area is 193 Å². The van der Waals surface area contributed by atoms with Gasteiger partial charge in [-0.1, -0.05) is 0 Å². The SMILES string of the molecule is COc1ccc(N2CCC(NC(=O)c3cc(S(=O)(=O)N4CCOCC4)ccc3F)CC2)cc1. The zero-order chi connectivity index (χ0) is 23.4. The van der Waals surface area contributed by atoms with Gasteiger partial charge >= 0.3 is 0 Å². The first-order chi connectivity index (χ1) is 15.9. The molecule has 8 nitrogen and oxygen atoms in total. The molecule has 178 valence electrons. The number of carbonyl (C=O) groups is 1. The van der Waals surface area contributed by atoms with Crippen molar-refractivity contribution in [2.45, 2.75) is 23.8 Å². The summed E-state index contributed by atoms with van der Waals surface area (Å²) in [5, 5.41) is 2.87. The van der Waals surface area contributed by atoms with Crippen LogP contribution in [0, 0.1) is 5.82 Å². The molecule has 2 aromatic carbocycles. The maximum Gasteiger partial charge on any atom is 0.254 e. The number of benzene rings is 2. The molecule has 0 atom stereocenters. The Bertz CT molecular complexity index is 1080. The molecular weight excluding hydrogens is 449 g/mol. The van der Waals surface area contributed by atoms with Gasteiger partial charge in [-0.3, -0.25) is 4.79 Å². The fourth-order valence-corrected chi connectivity index (χ4v) is 5.55. The fourth-order valence-electron chi connectivity index (χ4n) is 4.11. The highest BCUT2D eigenvalue weighted by Crippen LogP contribution is 2.24. The van der Waals surface area contributed by atoms with Gasteiger partial charge in [0.2, 0.25) is 10.0 Å². The van der Waals surface area contributed by atoms with Gasteiger partial charge in [0, 0.05) is 37.9 Å². The van der Waals surface area contributed by atoms with E-state index in [0.717, 1.165) is 36.7 Å². The average molecular weight is 478 g/mol. The van der Waals surface area contributed by atoms with E-state index in [-0.39, 0.29) is 29.6 Å². The number of hydrogen-bond donors (Lipinski definition) is 1. The van der Waals surface area contributed by atoms with Crippen LogP contribution in [0.2, 0.25) is 0 Å². The molecule has 0 aromatic heterocycles. The lowest BCUT2D eigenvalue weighted by molar-refractivity contribution is 0.0730. The molecule has 0 saturated carbocycles. The van der Waals surface area contributed by atoms with Crippen LogP contribution in [0.5, 0.6) is 5.75 Å². The summed E-state index contributed by atoms with van der Waals surface area (Å²) in [5.41, 5.74) is 0.814. The number of methoxy groups -OCH3 is 1. The van der Waals surface area contributed by atoms with E-state index in [9.17, 15) is 17.6 Å². The molecular formula is C23H28FN3O5S. The highest BCUT2D eigenvalue weighted by Gasteiger charge is 2.29. The third-order valence-electron chi connectivity index (χ3n) is 6.06. The molecule has 0 radical (unpaired) electrons.